The van der Waals surface area contributed by atoms with Crippen molar-refractivity contribution in [2.24, 2.45) is 4.99 Å². The Morgan fingerprint density at radius 1 is 0.966 bits per heavy atom. The first kappa shape index (κ1) is 18.2. The summed E-state index contributed by atoms with van der Waals surface area (Å²) in [4.78, 5) is 5.00. The first-order chi connectivity index (χ1) is 14.2. The van der Waals surface area contributed by atoms with Crippen LogP contribution < -0.4 is 14.8 Å². The zero-order valence-corrected chi connectivity index (χ0v) is 17.1. The number of nitrogens with one attached hydrogen (secondary N) is 1. The van der Waals surface area contributed by atoms with Gasteiger partial charge in [-0.05, 0) is 47.5 Å². The van der Waals surface area contributed by atoms with Crippen LogP contribution in [0.15, 0.2) is 76.2 Å². The summed E-state index contributed by atoms with van der Waals surface area (Å²) in [7, 11) is 0. The Morgan fingerprint density at radius 3 is 2.59 bits per heavy atom. The predicted molar refractivity (Wildman–Crippen MR) is 115 cm³/mol. The molecule has 2 atom stereocenters. The lowest BCUT2D eigenvalue weighted by atomic mass is 9.93. The Morgan fingerprint density at radius 2 is 1.76 bits per heavy atom. The lowest BCUT2D eigenvalue weighted by Gasteiger charge is -2.31. The molecule has 0 saturated heterocycles. The van der Waals surface area contributed by atoms with Crippen LogP contribution in [0.2, 0.25) is 0 Å². The maximum absolute atomic E-state index is 10.4. The number of hydrogen-bond donors (Lipinski definition) is 2. The topological polar surface area (TPSA) is 63.1 Å². The third-order valence-corrected chi connectivity index (χ3v) is 5.77. The maximum Gasteiger partial charge on any atom is 0.231 e. The highest BCUT2D eigenvalue weighted by molar-refractivity contribution is 9.10. The number of phenols is 1. The zero-order chi connectivity index (χ0) is 19.8. The van der Waals surface area contributed by atoms with Gasteiger partial charge in [0, 0.05) is 28.2 Å². The first-order valence-electron chi connectivity index (χ1n) is 9.43. The molecule has 3 aromatic carbocycles. The fourth-order valence-corrected chi connectivity index (χ4v) is 4.02. The number of rotatable bonds is 3. The van der Waals surface area contributed by atoms with E-state index in [1.54, 1.807) is 6.07 Å². The SMILES string of the molecule is Oc1ccccc1C1CC(c2ccc3c(c2)OCO3)=NC(c2ccc(Br)cc2)N1. The Hall–Kier alpha value is -2.83. The van der Waals surface area contributed by atoms with Crippen LogP contribution in [0.25, 0.3) is 0 Å². The van der Waals surface area contributed by atoms with E-state index >= 15 is 0 Å². The predicted octanol–water partition coefficient (Wildman–Crippen LogP) is 5.11. The van der Waals surface area contributed by atoms with Gasteiger partial charge in [0.2, 0.25) is 6.79 Å². The van der Waals surface area contributed by atoms with E-state index in [9.17, 15) is 5.11 Å². The van der Waals surface area contributed by atoms with Crippen LogP contribution in [0.3, 0.4) is 0 Å². The summed E-state index contributed by atoms with van der Waals surface area (Å²) in [5.41, 5.74) is 3.89. The number of para-hydroxylation sites is 1. The van der Waals surface area contributed by atoms with E-state index in [-0.39, 0.29) is 24.8 Å². The molecule has 6 heteroatoms. The van der Waals surface area contributed by atoms with E-state index < -0.39 is 0 Å². The van der Waals surface area contributed by atoms with Crippen molar-refractivity contribution in [1.29, 1.82) is 0 Å². The highest BCUT2D eigenvalue weighted by Crippen LogP contribution is 2.37. The second kappa shape index (κ2) is 7.54. The molecule has 0 fully saturated rings. The molecular formula is C23H19BrN2O3. The number of halogens is 1. The van der Waals surface area contributed by atoms with E-state index in [4.69, 9.17) is 14.5 Å². The van der Waals surface area contributed by atoms with Crippen LogP contribution in [0.4, 0.5) is 0 Å². The van der Waals surface area contributed by atoms with Gasteiger partial charge in [-0.2, -0.15) is 0 Å². The number of ether oxygens (including phenoxy) is 2. The molecule has 146 valence electrons. The summed E-state index contributed by atoms with van der Waals surface area (Å²) in [5.74, 6) is 1.78. The highest BCUT2D eigenvalue weighted by atomic mass is 79.9. The van der Waals surface area contributed by atoms with Gasteiger partial charge < -0.3 is 14.6 Å². The van der Waals surface area contributed by atoms with Crippen molar-refractivity contribution >= 4 is 21.6 Å². The van der Waals surface area contributed by atoms with Gasteiger partial charge >= 0.3 is 0 Å². The minimum Gasteiger partial charge on any atom is -0.508 e. The van der Waals surface area contributed by atoms with E-state index in [0.29, 0.717) is 6.42 Å². The molecule has 2 unspecified atom stereocenters. The Kier molecular flexibility index (Phi) is 4.73. The van der Waals surface area contributed by atoms with Crippen LogP contribution in [-0.2, 0) is 0 Å². The van der Waals surface area contributed by atoms with Crippen LogP contribution >= 0.6 is 15.9 Å². The highest BCUT2D eigenvalue weighted by Gasteiger charge is 2.28. The van der Waals surface area contributed by atoms with Gasteiger partial charge in [-0.25, -0.2) is 0 Å². The molecule has 5 nitrogen and oxygen atoms in total. The van der Waals surface area contributed by atoms with Crippen molar-refractivity contribution < 1.29 is 14.6 Å². The van der Waals surface area contributed by atoms with E-state index in [2.05, 4.69) is 33.4 Å². The summed E-state index contributed by atoms with van der Waals surface area (Å²) in [6.45, 7) is 0.245. The lowest BCUT2D eigenvalue weighted by Crippen LogP contribution is -2.33. The molecule has 0 aromatic heterocycles. The molecule has 2 aliphatic heterocycles. The number of nitrogens with zero attached hydrogens (tertiary/aromatic N) is 1. The number of benzene rings is 3. The number of aromatic hydroxyl groups is 1. The van der Waals surface area contributed by atoms with Crippen LogP contribution in [0.5, 0.6) is 17.2 Å². The lowest BCUT2D eigenvalue weighted by molar-refractivity contribution is 0.174. The third kappa shape index (κ3) is 3.61. The van der Waals surface area contributed by atoms with Gasteiger partial charge in [-0.1, -0.05) is 46.3 Å². The minimum absolute atomic E-state index is 0.0669. The van der Waals surface area contributed by atoms with Crippen molar-refractivity contribution in [2.45, 2.75) is 18.6 Å². The van der Waals surface area contributed by atoms with Gasteiger partial charge in [0.25, 0.3) is 0 Å². The van der Waals surface area contributed by atoms with E-state index in [1.165, 1.54) is 0 Å². The maximum atomic E-state index is 10.4. The first-order valence-corrected chi connectivity index (χ1v) is 10.2. The van der Waals surface area contributed by atoms with Crippen molar-refractivity contribution in [2.75, 3.05) is 6.79 Å². The fourth-order valence-electron chi connectivity index (χ4n) is 3.75. The van der Waals surface area contributed by atoms with Crippen molar-refractivity contribution in [3.8, 4) is 17.2 Å². The Bertz CT molecular complexity index is 1080. The molecule has 2 heterocycles. The molecule has 0 radical (unpaired) electrons. The van der Waals surface area contributed by atoms with Crippen molar-refractivity contribution in [3.05, 3.63) is 87.9 Å². The van der Waals surface area contributed by atoms with Crippen molar-refractivity contribution in [1.82, 2.24) is 5.32 Å². The van der Waals surface area contributed by atoms with Gasteiger partial charge in [0.1, 0.15) is 11.9 Å². The Balaban J connectivity index is 1.56. The van der Waals surface area contributed by atoms with Crippen LogP contribution in [-0.4, -0.2) is 17.6 Å². The second-order valence-electron chi connectivity index (χ2n) is 7.08. The fraction of sp³-hybridized carbons (Fsp3) is 0.174. The largest absolute Gasteiger partial charge is 0.508 e. The number of fused-ring (bicyclic) bond motifs is 1. The van der Waals surface area contributed by atoms with Gasteiger partial charge in [0.05, 0.1) is 0 Å². The summed E-state index contributed by atoms with van der Waals surface area (Å²) >= 11 is 3.49. The minimum atomic E-state index is -0.220. The van der Waals surface area contributed by atoms with E-state index in [0.717, 1.165) is 38.4 Å². The molecule has 5 rings (SSSR count). The quantitative estimate of drug-likeness (QED) is 0.582. The smallest absolute Gasteiger partial charge is 0.231 e. The molecule has 2 N–H and O–H groups in total. The number of hydrogen-bond acceptors (Lipinski definition) is 5. The summed E-state index contributed by atoms with van der Waals surface area (Å²) in [6.07, 6.45) is 0.437. The van der Waals surface area contributed by atoms with Gasteiger partial charge in [-0.15, -0.1) is 0 Å². The molecular weight excluding hydrogens is 432 g/mol. The Labute approximate surface area is 177 Å². The molecule has 0 saturated carbocycles. The average Bonchev–Trinajstić information content (AvgIpc) is 3.22. The molecule has 3 aromatic rings. The summed E-state index contributed by atoms with van der Waals surface area (Å²) in [5, 5.41) is 14.0. The number of phenolic OH excluding ortho intramolecular Hbond substituents is 1. The zero-order valence-electron chi connectivity index (χ0n) is 15.5. The summed E-state index contributed by atoms with van der Waals surface area (Å²) in [6, 6.07) is 21.4. The standard InChI is InChI=1S/C23H19BrN2O3/c24-16-8-5-14(6-9-16)23-25-18(15-7-10-21-22(11-15)29-13-28-21)12-19(26-23)17-3-1-2-4-20(17)27/h1-11,19,23,26-27H,12-13H2. The molecule has 0 amide bonds. The van der Waals surface area contributed by atoms with E-state index in [1.807, 2.05) is 48.5 Å². The average molecular weight is 451 g/mol. The van der Waals surface area contributed by atoms with Crippen molar-refractivity contribution in [3.63, 3.8) is 0 Å². The van der Waals surface area contributed by atoms with Crippen LogP contribution in [0.1, 0.15) is 35.3 Å². The van der Waals surface area contributed by atoms with Crippen LogP contribution in [0, 0.1) is 0 Å². The summed E-state index contributed by atoms with van der Waals surface area (Å²) < 4.78 is 12.0. The monoisotopic (exact) mass is 450 g/mol. The number of aliphatic imine (C=N–C) groups is 1. The van der Waals surface area contributed by atoms with Gasteiger partial charge in [0.15, 0.2) is 11.5 Å². The molecule has 29 heavy (non-hydrogen) atoms. The molecule has 0 spiro atoms. The molecule has 0 aliphatic carbocycles. The van der Waals surface area contributed by atoms with Gasteiger partial charge in [-0.3, -0.25) is 10.3 Å². The normalized spacial score (nSPS) is 20.4. The molecule has 0 bridgehead atoms. The third-order valence-electron chi connectivity index (χ3n) is 5.25. The molecule has 2 aliphatic rings. The second-order valence-corrected chi connectivity index (χ2v) is 8.00.